The van der Waals surface area contributed by atoms with Crippen LogP contribution in [0.4, 0.5) is 0 Å². The maximum atomic E-state index is 10.9. The van der Waals surface area contributed by atoms with E-state index in [1.54, 1.807) is 24.3 Å². The highest BCUT2D eigenvalue weighted by Crippen LogP contribution is 2.10. The Balaban J connectivity index is 3.55. The smallest absolute Gasteiger partial charge is 0.305 e. The van der Waals surface area contributed by atoms with Gasteiger partial charge in [-0.05, 0) is 19.3 Å². The van der Waals surface area contributed by atoms with E-state index in [0.717, 1.165) is 57.8 Å². The van der Waals surface area contributed by atoms with Gasteiger partial charge in [-0.2, -0.15) is 0 Å². The molecule has 0 radical (unpaired) electrons. The molecule has 0 bridgehead atoms. The minimum atomic E-state index is -0.428. The number of aliphatic hydroxyl groups is 2. The predicted molar refractivity (Wildman–Crippen MR) is 94.2 cm³/mol. The van der Waals surface area contributed by atoms with Crippen LogP contribution >= 0.6 is 0 Å². The lowest BCUT2D eigenvalue weighted by Crippen LogP contribution is -2.02. The summed E-state index contributed by atoms with van der Waals surface area (Å²) in [7, 11) is 1.42. The maximum Gasteiger partial charge on any atom is 0.305 e. The van der Waals surface area contributed by atoms with Crippen molar-refractivity contribution in [1.82, 2.24) is 0 Å². The molecule has 0 aliphatic rings. The summed E-state index contributed by atoms with van der Waals surface area (Å²) in [4.78, 5) is 10.9. The Hall–Kier alpha value is -1.13. The van der Waals surface area contributed by atoms with Gasteiger partial charge in [0.05, 0.1) is 19.3 Å². The quantitative estimate of drug-likeness (QED) is 0.288. The first-order valence-corrected chi connectivity index (χ1v) is 8.88. The van der Waals surface area contributed by atoms with Gasteiger partial charge in [-0.3, -0.25) is 4.79 Å². The van der Waals surface area contributed by atoms with Gasteiger partial charge in [0, 0.05) is 6.42 Å². The van der Waals surface area contributed by atoms with Crippen LogP contribution in [0.5, 0.6) is 0 Å². The van der Waals surface area contributed by atoms with Crippen LogP contribution in [0.15, 0.2) is 24.3 Å². The lowest BCUT2D eigenvalue weighted by molar-refractivity contribution is -0.140. The van der Waals surface area contributed by atoms with Gasteiger partial charge in [0.1, 0.15) is 0 Å². The number of allylic oxidation sites excluding steroid dienone is 2. The van der Waals surface area contributed by atoms with Crippen LogP contribution in [0.25, 0.3) is 0 Å². The van der Waals surface area contributed by atoms with E-state index in [2.05, 4.69) is 11.7 Å². The van der Waals surface area contributed by atoms with E-state index in [1.165, 1.54) is 7.11 Å². The van der Waals surface area contributed by atoms with Crippen LogP contribution in [-0.4, -0.2) is 35.5 Å². The molecule has 2 N–H and O–H groups in total. The molecule has 23 heavy (non-hydrogen) atoms. The second-order valence-electron chi connectivity index (χ2n) is 5.93. The molecule has 0 aromatic carbocycles. The van der Waals surface area contributed by atoms with Crippen molar-refractivity contribution in [1.29, 1.82) is 0 Å². The Kier molecular flexibility index (Phi) is 15.0. The molecule has 0 saturated heterocycles. The summed E-state index contributed by atoms with van der Waals surface area (Å²) in [5.41, 5.74) is 0. The van der Waals surface area contributed by atoms with E-state index in [4.69, 9.17) is 0 Å². The molecule has 0 amide bonds. The molecule has 0 aliphatic heterocycles. The van der Waals surface area contributed by atoms with Crippen LogP contribution in [0.2, 0.25) is 0 Å². The molecule has 0 saturated carbocycles. The molecule has 4 nitrogen and oxygen atoms in total. The summed E-state index contributed by atoms with van der Waals surface area (Å²) in [6.07, 6.45) is 15.5. The third-order valence-corrected chi connectivity index (χ3v) is 3.74. The number of unbranched alkanes of at least 4 members (excludes halogenated alkanes) is 5. The minimum Gasteiger partial charge on any atom is -0.469 e. The maximum absolute atomic E-state index is 10.9. The average Bonchev–Trinajstić information content (AvgIpc) is 2.55. The largest absolute Gasteiger partial charge is 0.469 e. The topological polar surface area (TPSA) is 66.8 Å². The van der Waals surface area contributed by atoms with Crippen LogP contribution in [0.1, 0.15) is 71.1 Å². The van der Waals surface area contributed by atoms with Crippen LogP contribution in [0.3, 0.4) is 0 Å². The SMILES string of the molecule is CCCCC(O)C=CC=CC(O)CCCCCCCC(=O)OC. The van der Waals surface area contributed by atoms with Crippen molar-refractivity contribution in [2.45, 2.75) is 83.3 Å². The monoisotopic (exact) mass is 326 g/mol. The molecule has 0 aromatic rings. The normalized spacial score (nSPS) is 14.4. The number of ether oxygens (including phenoxy) is 1. The molecular formula is C19H34O4. The molecule has 0 aromatic heterocycles. The Morgan fingerprint density at radius 1 is 0.913 bits per heavy atom. The highest BCUT2D eigenvalue weighted by atomic mass is 16.5. The summed E-state index contributed by atoms with van der Waals surface area (Å²) in [6.45, 7) is 2.10. The number of hydrogen-bond acceptors (Lipinski definition) is 4. The van der Waals surface area contributed by atoms with Crippen molar-refractivity contribution in [3.63, 3.8) is 0 Å². The van der Waals surface area contributed by atoms with Crippen molar-refractivity contribution in [2.75, 3.05) is 7.11 Å². The van der Waals surface area contributed by atoms with Gasteiger partial charge in [-0.25, -0.2) is 0 Å². The van der Waals surface area contributed by atoms with Gasteiger partial charge in [0.25, 0.3) is 0 Å². The first-order valence-electron chi connectivity index (χ1n) is 8.88. The van der Waals surface area contributed by atoms with Crippen molar-refractivity contribution in [3.05, 3.63) is 24.3 Å². The van der Waals surface area contributed by atoms with Crippen molar-refractivity contribution < 1.29 is 19.7 Å². The molecule has 0 spiro atoms. The summed E-state index contributed by atoms with van der Waals surface area (Å²) < 4.78 is 4.59. The van der Waals surface area contributed by atoms with Gasteiger partial charge in [-0.1, -0.05) is 69.8 Å². The summed E-state index contributed by atoms with van der Waals surface area (Å²) in [6, 6.07) is 0. The van der Waals surface area contributed by atoms with Crippen LogP contribution < -0.4 is 0 Å². The predicted octanol–water partition coefficient (Wildman–Crippen LogP) is 3.91. The molecule has 0 aliphatic carbocycles. The summed E-state index contributed by atoms with van der Waals surface area (Å²) in [5.74, 6) is -0.140. The van der Waals surface area contributed by atoms with Gasteiger partial charge in [0.15, 0.2) is 0 Å². The molecule has 134 valence electrons. The fraction of sp³-hybridized carbons (Fsp3) is 0.737. The highest BCUT2D eigenvalue weighted by molar-refractivity contribution is 5.68. The van der Waals surface area contributed by atoms with E-state index < -0.39 is 6.10 Å². The number of methoxy groups -OCH3 is 1. The second kappa shape index (κ2) is 15.8. The number of hydrogen-bond donors (Lipinski definition) is 2. The molecule has 0 fully saturated rings. The first-order chi connectivity index (χ1) is 11.1. The van der Waals surface area contributed by atoms with Gasteiger partial charge in [-0.15, -0.1) is 0 Å². The average molecular weight is 326 g/mol. The van der Waals surface area contributed by atoms with Gasteiger partial charge >= 0.3 is 5.97 Å². The van der Waals surface area contributed by atoms with Crippen LogP contribution in [-0.2, 0) is 9.53 Å². The van der Waals surface area contributed by atoms with Crippen molar-refractivity contribution >= 4 is 5.97 Å². The Morgan fingerprint density at radius 3 is 2.00 bits per heavy atom. The summed E-state index contributed by atoms with van der Waals surface area (Å²) >= 11 is 0. The second-order valence-corrected chi connectivity index (χ2v) is 5.93. The fourth-order valence-electron chi connectivity index (χ4n) is 2.25. The van der Waals surface area contributed by atoms with E-state index in [9.17, 15) is 15.0 Å². The fourth-order valence-corrected chi connectivity index (χ4v) is 2.25. The molecule has 0 heterocycles. The zero-order chi connectivity index (χ0) is 17.3. The Bertz CT molecular complexity index is 336. The van der Waals surface area contributed by atoms with Crippen LogP contribution in [0, 0.1) is 0 Å². The lowest BCUT2D eigenvalue weighted by atomic mass is 10.1. The molecule has 4 heteroatoms. The van der Waals surface area contributed by atoms with E-state index >= 15 is 0 Å². The number of carbonyl (C=O) groups is 1. The number of carbonyl (C=O) groups excluding carboxylic acids is 1. The zero-order valence-corrected chi connectivity index (χ0v) is 14.7. The minimum absolute atomic E-state index is 0.140. The molecule has 0 rings (SSSR count). The van der Waals surface area contributed by atoms with Gasteiger partial charge < -0.3 is 14.9 Å². The van der Waals surface area contributed by atoms with Gasteiger partial charge in [0.2, 0.25) is 0 Å². The van der Waals surface area contributed by atoms with E-state index in [0.29, 0.717) is 6.42 Å². The molecular weight excluding hydrogens is 292 g/mol. The number of rotatable bonds is 14. The van der Waals surface area contributed by atoms with Crippen molar-refractivity contribution in [3.8, 4) is 0 Å². The molecule has 2 atom stereocenters. The molecule has 2 unspecified atom stereocenters. The standard InChI is InChI=1S/C19H34O4/c1-3-4-12-17(20)14-10-11-15-18(21)13-8-6-5-7-9-16-19(22)23-2/h10-11,14-15,17-18,20-21H,3-9,12-13,16H2,1-2H3. The Morgan fingerprint density at radius 2 is 1.43 bits per heavy atom. The number of aliphatic hydroxyl groups excluding tert-OH is 2. The lowest BCUT2D eigenvalue weighted by Gasteiger charge is -2.05. The third-order valence-electron chi connectivity index (χ3n) is 3.74. The van der Waals surface area contributed by atoms with E-state index in [-0.39, 0.29) is 12.1 Å². The zero-order valence-electron chi connectivity index (χ0n) is 14.7. The van der Waals surface area contributed by atoms with Crippen molar-refractivity contribution in [2.24, 2.45) is 0 Å². The summed E-state index contributed by atoms with van der Waals surface area (Å²) in [5, 5.41) is 19.4. The third kappa shape index (κ3) is 15.5. The number of esters is 1. The Labute approximate surface area is 141 Å². The first kappa shape index (κ1) is 21.9. The van der Waals surface area contributed by atoms with E-state index in [1.807, 2.05) is 0 Å². The highest BCUT2D eigenvalue weighted by Gasteiger charge is 2.01.